The molecule has 0 aliphatic heterocycles. The van der Waals surface area contributed by atoms with Gasteiger partial charge in [0, 0.05) is 5.92 Å². The molecule has 0 spiro atoms. The van der Waals surface area contributed by atoms with Crippen molar-refractivity contribution >= 4 is 0 Å². The van der Waals surface area contributed by atoms with Gasteiger partial charge in [-0.25, -0.2) is 0 Å². The quantitative estimate of drug-likeness (QED) is 0.706. The van der Waals surface area contributed by atoms with Gasteiger partial charge < -0.3 is 10.2 Å². The van der Waals surface area contributed by atoms with Crippen LogP contribution in [0.1, 0.15) is 56.1 Å². The largest absolute Gasteiger partial charge is 0.508 e. The van der Waals surface area contributed by atoms with Gasteiger partial charge in [0.25, 0.3) is 0 Å². The lowest BCUT2D eigenvalue weighted by Gasteiger charge is -2.41. The van der Waals surface area contributed by atoms with E-state index < -0.39 is 0 Å². The third-order valence-corrected chi connectivity index (χ3v) is 5.81. The number of phenols is 1. The summed E-state index contributed by atoms with van der Waals surface area (Å²) in [7, 11) is 0. The lowest BCUT2D eigenvalue weighted by atomic mass is 9.64. The van der Waals surface area contributed by atoms with Crippen LogP contribution in [0.15, 0.2) is 29.3 Å². The van der Waals surface area contributed by atoms with E-state index in [1.54, 1.807) is 11.1 Å². The summed E-state index contributed by atoms with van der Waals surface area (Å²) < 4.78 is 0. The van der Waals surface area contributed by atoms with Crippen molar-refractivity contribution in [2.24, 2.45) is 5.41 Å². The Kier molecular flexibility index (Phi) is 2.56. The second kappa shape index (κ2) is 4.11. The highest BCUT2D eigenvalue weighted by molar-refractivity contribution is 5.48. The van der Waals surface area contributed by atoms with E-state index in [2.05, 4.69) is 13.0 Å². The summed E-state index contributed by atoms with van der Waals surface area (Å²) >= 11 is 0. The summed E-state index contributed by atoms with van der Waals surface area (Å²) in [4.78, 5) is 0. The number of phenolic OH excluding ortho intramolecular Hbond substituents is 1. The second-order valence-electron chi connectivity index (χ2n) is 7.10. The molecular formula is C18H22O2. The van der Waals surface area contributed by atoms with Crippen molar-refractivity contribution in [2.75, 3.05) is 0 Å². The number of benzene rings is 1. The van der Waals surface area contributed by atoms with E-state index in [1.165, 1.54) is 24.0 Å². The number of aliphatic hydroxyl groups is 1. The Morgan fingerprint density at radius 3 is 2.95 bits per heavy atom. The first kappa shape index (κ1) is 12.5. The first-order valence-electron chi connectivity index (χ1n) is 7.79. The van der Waals surface area contributed by atoms with Gasteiger partial charge in [0.2, 0.25) is 0 Å². The van der Waals surface area contributed by atoms with Gasteiger partial charge in [-0.15, -0.1) is 0 Å². The highest BCUT2D eigenvalue weighted by Gasteiger charge is 2.45. The molecule has 0 bridgehead atoms. The third kappa shape index (κ3) is 1.67. The van der Waals surface area contributed by atoms with E-state index in [0.29, 0.717) is 11.7 Å². The highest BCUT2D eigenvalue weighted by Crippen LogP contribution is 2.57. The molecule has 0 unspecified atom stereocenters. The fourth-order valence-corrected chi connectivity index (χ4v) is 4.90. The van der Waals surface area contributed by atoms with Gasteiger partial charge in [0.15, 0.2) is 0 Å². The van der Waals surface area contributed by atoms with E-state index >= 15 is 0 Å². The monoisotopic (exact) mass is 270 g/mol. The molecule has 0 radical (unpaired) electrons. The second-order valence-corrected chi connectivity index (χ2v) is 7.10. The van der Waals surface area contributed by atoms with E-state index in [1.807, 2.05) is 12.1 Å². The maximum absolute atomic E-state index is 10.1. The van der Waals surface area contributed by atoms with Gasteiger partial charge in [-0.1, -0.05) is 24.1 Å². The van der Waals surface area contributed by atoms with Crippen LogP contribution in [-0.2, 0) is 6.42 Å². The number of allylic oxidation sites excluding steroid dienone is 1. The molecule has 3 atom stereocenters. The minimum atomic E-state index is -0.137. The number of aryl methyl sites for hydroxylation is 1. The van der Waals surface area contributed by atoms with Gasteiger partial charge in [0.1, 0.15) is 5.75 Å². The standard InChI is InChI=1S/C18H22O2/c1-18-7-6-15-14-5-3-12(19)8-11(14)2-4-16(15)17(18)9-13(20)10-18/h3,5,8,13,15,19-20H,2,4,6-7,9-10H2,1H3/t13-,15+,18+/m0/s1. The van der Waals surface area contributed by atoms with Crippen molar-refractivity contribution < 1.29 is 10.2 Å². The molecule has 1 fully saturated rings. The normalized spacial score (nSPS) is 35.5. The van der Waals surface area contributed by atoms with E-state index in [-0.39, 0.29) is 11.5 Å². The Morgan fingerprint density at radius 2 is 2.10 bits per heavy atom. The molecule has 4 rings (SSSR count). The maximum atomic E-state index is 10.1. The summed E-state index contributed by atoms with van der Waals surface area (Å²) in [5, 5.41) is 19.7. The molecule has 0 heterocycles. The first-order valence-corrected chi connectivity index (χ1v) is 7.79. The van der Waals surface area contributed by atoms with Crippen molar-refractivity contribution in [1.29, 1.82) is 0 Å². The number of fused-ring (bicyclic) bond motifs is 4. The van der Waals surface area contributed by atoms with Gasteiger partial charge in [-0.05, 0) is 67.2 Å². The van der Waals surface area contributed by atoms with Gasteiger partial charge in [-0.3, -0.25) is 0 Å². The predicted octanol–water partition coefficient (Wildman–Crippen LogP) is 3.67. The Bertz CT molecular complexity index is 601. The fraction of sp³-hybridized carbons (Fsp3) is 0.556. The third-order valence-electron chi connectivity index (χ3n) is 5.81. The van der Waals surface area contributed by atoms with E-state index in [4.69, 9.17) is 0 Å². The maximum Gasteiger partial charge on any atom is 0.115 e. The average molecular weight is 270 g/mol. The van der Waals surface area contributed by atoms with E-state index in [9.17, 15) is 10.2 Å². The van der Waals surface area contributed by atoms with Crippen LogP contribution in [0.3, 0.4) is 0 Å². The van der Waals surface area contributed by atoms with Crippen molar-refractivity contribution in [2.45, 2.75) is 57.5 Å². The topological polar surface area (TPSA) is 40.5 Å². The number of hydrogen-bond donors (Lipinski definition) is 2. The van der Waals surface area contributed by atoms with Crippen LogP contribution in [-0.4, -0.2) is 16.3 Å². The van der Waals surface area contributed by atoms with Gasteiger partial charge >= 0.3 is 0 Å². The lowest BCUT2D eigenvalue weighted by molar-refractivity contribution is 0.159. The number of aromatic hydroxyl groups is 1. The minimum Gasteiger partial charge on any atom is -0.508 e. The number of hydrogen-bond acceptors (Lipinski definition) is 2. The van der Waals surface area contributed by atoms with Crippen molar-refractivity contribution in [3.63, 3.8) is 0 Å². The summed E-state index contributed by atoms with van der Waals surface area (Å²) in [6.07, 6.45) is 6.22. The SMILES string of the molecule is C[C@]12CC[C@H]3C(=C1C[C@H](O)C2)CCc1cc(O)ccc13. The molecule has 0 amide bonds. The predicted molar refractivity (Wildman–Crippen MR) is 78.8 cm³/mol. The lowest BCUT2D eigenvalue weighted by Crippen LogP contribution is -2.27. The molecule has 106 valence electrons. The first-order chi connectivity index (χ1) is 9.57. The molecule has 1 aromatic rings. The van der Waals surface area contributed by atoms with E-state index in [0.717, 1.165) is 25.7 Å². The van der Waals surface area contributed by atoms with Crippen LogP contribution in [0, 0.1) is 5.41 Å². The summed E-state index contributed by atoms with van der Waals surface area (Å²) in [5.74, 6) is 0.921. The minimum absolute atomic E-state index is 0.137. The molecule has 0 saturated heterocycles. The molecule has 1 aromatic carbocycles. The molecule has 1 saturated carbocycles. The molecular weight excluding hydrogens is 248 g/mol. The van der Waals surface area contributed by atoms with Gasteiger partial charge in [0.05, 0.1) is 6.10 Å². The van der Waals surface area contributed by atoms with Crippen LogP contribution in [0.2, 0.25) is 0 Å². The Balaban J connectivity index is 1.83. The summed E-state index contributed by atoms with van der Waals surface area (Å²) in [5.41, 5.74) is 6.15. The Labute approximate surface area is 120 Å². The molecule has 20 heavy (non-hydrogen) atoms. The molecule has 0 aromatic heterocycles. The highest BCUT2D eigenvalue weighted by atomic mass is 16.3. The molecule has 3 aliphatic rings. The Hall–Kier alpha value is -1.28. The smallest absolute Gasteiger partial charge is 0.115 e. The van der Waals surface area contributed by atoms with Crippen LogP contribution >= 0.6 is 0 Å². The molecule has 2 N–H and O–H groups in total. The van der Waals surface area contributed by atoms with Crippen molar-refractivity contribution in [3.8, 4) is 5.75 Å². The van der Waals surface area contributed by atoms with Crippen LogP contribution in [0.5, 0.6) is 5.75 Å². The van der Waals surface area contributed by atoms with Crippen LogP contribution in [0.4, 0.5) is 0 Å². The zero-order chi connectivity index (χ0) is 13.9. The Morgan fingerprint density at radius 1 is 1.25 bits per heavy atom. The average Bonchev–Trinajstić information content (AvgIpc) is 2.72. The molecule has 2 heteroatoms. The summed E-state index contributed by atoms with van der Waals surface area (Å²) in [6.45, 7) is 2.34. The summed E-state index contributed by atoms with van der Waals surface area (Å²) in [6, 6.07) is 5.88. The zero-order valence-corrected chi connectivity index (χ0v) is 12.0. The number of aliphatic hydroxyl groups excluding tert-OH is 1. The van der Waals surface area contributed by atoms with Crippen molar-refractivity contribution in [1.82, 2.24) is 0 Å². The van der Waals surface area contributed by atoms with Crippen LogP contribution < -0.4 is 0 Å². The van der Waals surface area contributed by atoms with Crippen molar-refractivity contribution in [3.05, 3.63) is 40.5 Å². The zero-order valence-electron chi connectivity index (χ0n) is 12.0. The molecule has 2 nitrogen and oxygen atoms in total. The van der Waals surface area contributed by atoms with Gasteiger partial charge in [-0.2, -0.15) is 0 Å². The van der Waals surface area contributed by atoms with Crippen LogP contribution in [0.25, 0.3) is 0 Å². The fourth-order valence-electron chi connectivity index (χ4n) is 4.90. The molecule has 3 aliphatic carbocycles. The number of rotatable bonds is 0.